The Labute approximate surface area is 144 Å². The quantitative estimate of drug-likeness (QED) is 0.535. The highest BCUT2D eigenvalue weighted by Gasteiger charge is 2.20. The fourth-order valence-electron chi connectivity index (χ4n) is 2.48. The number of aryl methyl sites for hydroxylation is 2. The van der Waals surface area contributed by atoms with Crippen LogP contribution in [-0.4, -0.2) is 20.2 Å². The second-order valence-corrected chi connectivity index (χ2v) is 7.75. The summed E-state index contributed by atoms with van der Waals surface area (Å²) in [7, 11) is 0. The van der Waals surface area contributed by atoms with E-state index in [4.69, 9.17) is 4.42 Å². The average molecular weight is 344 g/mol. The van der Waals surface area contributed by atoms with Crippen LogP contribution in [0.2, 0.25) is 0 Å². The van der Waals surface area contributed by atoms with Crippen molar-refractivity contribution in [3.8, 4) is 0 Å². The van der Waals surface area contributed by atoms with Crippen molar-refractivity contribution in [3.63, 3.8) is 0 Å². The van der Waals surface area contributed by atoms with Gasteiger partial charge in [-0.25, -0.2) is 9.48 Å². The Bertz CT molecular complexity index is 953. The molecule has 0 aliphatic heterocycles. The normalized spacial score (nSPS) is 12.0. The molecule has 0 radical (unpaired) electrons. The molecule has 0 atom stereocenters. The molecule has 0 aliphatic rings. The molecule has 3 rings (SSSR count). The Morgan fingerprint density at radius 3 is 2.71 bits per heavy atom. The lowest BCUT2D eigenvalue weighted by atomic mass is 10.0. The molecule has 0 aliphatic carbocycles. The van der Waals surface area contributed by atoms with Crippen molar-refractivity contribution in [1.82, 2.24) is 20.2 Å². The van der Waals surface area contributed by atoms with E-state index in [0.29, 0.717) is 11.3 Å². The number of benzene rings is 1. The van der Waals surface area contributed by atoms with Crippen LogP contribution in [0.1, 0.15) is 37.5 Å². The summed E-state index contributed by atoms with van der Waals surface area (Å²) < 4.78 is 7.21. The molecule has 1 aromatic carbocycles. The van der Waals surface area contributed by atoms with Gasteiger partial charge in [0, 0.05) is 17.2 Å². The molecular weight excluding hydrogens is 324 g/mol. The zero-order valence-electron chi connectivity index (χ0n) is 14.5. The third kappa shape index (κ3) is 3.08. The molecule has 0 N–H and O–H groups in total. The SMILES string of the molecule is Cc1ccc2c(CSc3nnnn3C(C)(C)C)cc(=O)oc2c1C. The van der Waals surface area contributed by atoms with Crippen molar-refractivity contribution in [1.29, 1.82) is 0 Å². The van der Waals surface area contributed by atoms with Crippen LogP contribution in [0.25, 0.3) is 11.0 Å². The molecule has 126 valence electrons. The summed E-state index contributed by atoms with van der Waals surface area (Å²) in [5.41, 5.74) is 3.16. The molecule has 7 heteroatoms. The molecule has 0 saturated carbocycles. The third-order valence-electron chi connectivity index (χ3n) is 3.95. The number of thioether (sulfide) groups is 1. The Morgan fingerprint density at radius 1 is 1.25 bits per heavy atom. The topological polar surface area (TPSA) is 73.8 Å². The summed E-state index contributed by atoms with van der Waals surface area (Å²) in [6, 6.07) is 5.60. The molecule has 0 saturated heterocycles. The molecule has 24 heavy (non-hydrogen) atoms. The number of hydrogen-bond acceptors (Lipinski definition) is 6. The number of hydrogen-bond donors (Lipinski definition) is 0. The summed E-state index contributed by atoms with van der Waals surface area (Å²) in [6.45, 7) is 10.1. The van der Waals surface area contributed by atoms with Gasteiger partial charge < -0.3 is 4.42 Å². The number of rotatable bonds is 3. The predicted molar refractivity (Wildman–Crippen MR) is 94.3 cm³/mol. The molecule has 0 bridgehead atoms. The summed E-state index contributed by atoms with van der Waals surface area (Å²) in [5, 5.41) is 13.6. The van der Waals surface area contributed by atoms with E-state index in [9.17, 15) is 4.79 Å². The van der Waals surface area contributed by atoms with E-state index in [1.54, 1.807) is 10.7 Å². The first kappa shape index (κ1) is 16.7. The van der Waals surface area contributed by atoms with Gasteiger partial charge in [0.25, 0.3) is 0 Å². The van der Waals surface area contributed by atoms with Crippen LogP contribution in [0.5, 0.6) is 0 Å². The van der Waals surface area contributed by atoms with Crippen LogP contribution in [0.4, 0.5) is 0 Å². The molecular formula is C17H20N4O2S. The molecule has 6 nitrogen and oxygen atoms in total. The molecule has 3 aromatic rings. The van der Waals surface area contributed by atoms with Gasteiger partial charge in [-0.1, -0.05) is 23.9 Å². The fourth-order valence-corrected chi connectivity index (χ4v) is 3.53. The highest BCUT2D eigenvalue weighted by molar-refractivity contribution is 7.98. The number of tetrazole rings is 1. The maximum absolute atomic E-state index is 11.9. The first-order chi connectivity index (χ1) is 11.3. The van der Waals surface area contributed by atoms with Gasteiger partial charge in [-0.05, 0) is 61.7 Å². The largest absolute Gasteiger partial charge is 0.422 e. The molecule has 2 heterocycles. The van der Waals surface area contributed by atoms with Gasteiger partial charge >= 0.3 is 5.63 Å². The van der Waals surface area contributed by atoms with Crippen LogP contribution < -0.4 is 5.63 Å². The number of fused-ring (bicyclic) bond motifs is 1. The van der Waals surface area contributed by atoms with E-state index in [-0.39, 0.29) is 11.2 Å². The van der Waals surface area contributed by atoms with E-state index in [0.717, 1.165) is 27.2 Å². The minimum absolute atomic E-state index is 0.197. The second-order valence-electron chi connectivity index (χ2n) is 6.81. The zero-order chi connectivity index (χ0) is 17.5. The van der Waals surface area contributed by atoms with Crippen molar-refractivity contribution in [2.24, 2.45) is 0 Å². The Hall–Kier alpha value is -2.15. The second kappa shape index (κ2) is 6.05. The van der Waals surface area contributed by atoms with E-state index in [1.807, 2.05) is 46.8 Å². The molecule has 0 spiro atoms. The van der Waals surface area contributed by atoms with Crippen LogP contribution in [-0.2, 0) is 11.3 Å². The van der Waals surface area contributed by atoms with E-state index >= 15 is 0 Å². The van der Waals surface area contributed by atoms with Gasteiger partial charge in [-0.3, -0.25) is 0 Å². The van der Waals surface area contributed by atoms with Crippen molar-refractivity contribution in [2.45, 2.75) is 51.1 Å². The van der Waals surface area contributed by atoms with Gasteiger partial charge in [0.15, 0.2) is 0 Å². The monoisotopic (exact) mass is 344 g/mol. The van der Waals surface area contributed by atoms with Crippen molar-refractivity contribution in [2.75, 3.05) is 0 Å². The average Bonchev–Trinajstić information content (AvgIpc) is 2.98. The minimum Gasteiger partial charge on any atom is -0.422 e. The summed E-state index contributed by atoms with van der Waals surface area (Å²) in [6.07, 6.45) is 0. The lowest BCUT2D eigenvalue weighted by molar-refractivity contribution is 0.321. The molecule has 2 aromatic heterocycles. The summed E-state index contributed by atoms with van der Waals surface area (Å²) >= 11 is 1.51. The van der Waals surface area contributed by atoms with Crippen LogP contribution >= 0.6 is 11.8 Å². The van der Waals surface area contributed by atoms with Crippen LogP contribution in [0, 0.1) is 13.8 Å². The van der Waals surface area contributed by atoms with Crippen molar-refractivity contribution >= 4 is 22.7 Å². The maximum atomic E-state index is 11.9. The zero-order valence-corrected chi connectivity index (χ0v) is 15.3. The number of aromatic nitrogens is 4. The van der Waals surface area contributed by atoms with Gasteiger partial charge in [-0.2, -0.15) is 0 Å². The van der Waals surface area contributed by atoms with Crippen molar-refractivity contribution < 1.29 is 4.42 Å². The Morgan fingerprint density at radius 2 is 2.00 bits per heavy atom. The van der Waals surface area contributed by atoms with Crippen LogP contribution in [0.3, 0.4) is 0 Å². The lowest BCUT2D eigenvalue weighted by Gasteiger charge is -2.19. The summed E-state index contributed by atoms with van der Waals surface area (Å²) in [4.78, 5) is 11.9. The molecule has 0 unspecified atom stereocenters. The Kier molecular flexibility index (Phi) is 4.21. The molecule has 0 amide bonds. The molecule has 0 fully saturated rings. The van der Waals surface area contributed by atoms with Gasteiger partial charge in [-0.15, -0.1) is 5.10 Å². The summed E-state index contributed by atoms with van der Waals surface area (Å²) in [5.74, 6) is 0.598. The van der Waals surface area contributed by atoms with Crippen molar-refractivity contribution in [3.05, 3.63) is 45.3 Å². The van der Waals surface area contributed by atoms with Gasteiger partial charge in [0.05, 0.1) is 5.54 Å². The minimum atomic E-state index is -0.331. The van der Waals surface area contributed by atoms with Gasteiger partial charge in [0.1, 0.15) is 5.58 Å². The van der Waals surface area contributed by atoms with E-state index < -0.39 is 0 Å². The number of nitrogens with zero attached hydrogens (tertiary/aromatic N) is 4. The smallest absolute Gasteiger partial charge is 0.336 e. The first-order valence-electron chi connectivity index (χ1n) is 7.72. The maximum Gasteiger partial charge on any atom is 0.336 e. The third-order valence-corrected chi connectivity index (χ3v) is 4.92. The van der Waals surface area contributed by atoms with E-state index in [1.165, 1.54) is 11.8 Å². The Balaban J connectivity index is 1.99. The standard InChI is InChI=1S/C17H20N4O2S/c1-10-6-7-13-12(8-14(22)23-15(13)11(10)2)9-24-16-18-19-20-21(16)17(3,4)5/h6-8H,9H2,1-5H3. The van der Waals surface area contributed by atoms with Gasteiger partial charge in [0.2, 0.25) is 5.16 Å². The predicted octanol–water partition coefficient (Wildman–Crippen LogP) is 3.44. The first-order valence-corrected chi connectivity index (χ1v) is 8.70. The fraction of sp³-hybridized carbons (Fsp3) is 0.412. The van der Waals surface area contributed by atoms with E-state index in [2.05, 4.69) is 15.5 Å². The lowest BCUT2D eigenvalue weighted by Crippen LogP contribution is -2.24. The van der Waals surface area contributed by atoms with Crippen LogP contribution in [0.15, 0.2) is 32.6 Å². The highest BCUT2D eigenvalue weighted by atomic mass is 32.2. The highest BCUT2D eigenvalue weighted by Crippen LogP contribution is 2.29.